The molecular weight excluding hydrogens is 421 g/mol. The lowest BCUT2D eigenvalue weighted by Crippen LogP contribution is -2.39. The molecule has 0 aromatic heterocycles. The van der Waals surface area contributed by atoms with E-state index in [1.54, 1.807) is 0 Å². The second-order valence-electron chi connectivity index (χ2n) is 8.22. The molecule has 9 heteroatoms. The number of carbonyl (C=O) groups is 1. The van der Waals surface area contributed by atoms with Crippen LogP contribution in [0.5, 0.6) is 0 Å². The fraction of sp³-hybridized carbons (Fsp3) is 0.579. The first-order valence-corrected chi connectivity index (χ1v) is 11.8. The first-order chi connectivity index (χ1) is 12.9. The highest BCUT2D eigenvalue weighted by atomic mass is 35.5. The van der Waals surface area contributed by atoms with Gasteiger partial charge in [0, 0.05) is 5.71 Å². The lowest BCUT2D eigenvalue weighted by atomic mass is 9.72. The molecule has 0 heterocycles. The number of benzene rings is 1. The van der Waals surface area contributed by atoms with Crippen LogP contribution in [-0.2, 0) is 14.8 Å². The van der Waals surface area contributed by atoms with Crippen LogP contribution in [0.2, 0.25) is 10.0 Å². The van der Waals surface area contributed by atoms with E-state index in [1.165, 1.54) is 18.2 Å². The molecule has 0 atom stereocenters. The van der Waals surface area contributed by atoms with Crippen LogP contribution in [0, 0.1) is 11.3 Å². The maximum Gasteiger partial charge on any atom is 0.260 e. The Morgan fingerprint density at radius 2 is 1.82 bits per heavy atom. The highest BCUT2D eigenvalue weighted by molar-refractivity contribution is 7.92. The van der Waals surface area contributed by atoms with Crippen LogP contribution >= 0.6 is 23.2 Å². The van der Waals surface area contributed by atoms with E-state index in [1.807, 2.05) is 0 Å². The van der Waals surface area contributed by atoms with Crippen molar-refractivity contribution < 1.29 is 13.2 Å². The van der Waals surface area contributed by atoms with Gasteiger partial charge >= 0.3 is 0 Å². The van der Waals surface area contributed by atoms with Gasteiger partial charge in [0.2, 0.25) is 10.0 Å². The summed E-state index contributed by atoms with van der Waals surface area (Å²) in [6.45, 7) is 6.33. The molecule has 0 aliphatic heterocycles. The van der Waals surface area contributed by atoms with Crippen molar-refractivity contribution in [1.82, 2.24) is 5.43 Å². The number of nitrogens with zero attached hydrogens (tertiary/aromatic N) is 2. The van der Waals surface area contributed by atoms with Crippen LogP contribution in [0.25, 0.3) is 0 Å². The van der Waals surface area contributed by atoms with Crippen LogP contribution in [0.1, 0.15) is 46.5 Å². The van der Waals surface area contributed by atoms with Crippen molar-refractivity contribution in [3.8, 4) is 0 Å². The molecule has 0 saturated heterocycles. The Morgan fingerprint density at radius 3 is 2.32 bits per heavy atom. The molecule has 156 valence electrons. The second kappa shape index (κ2) is 9.01. The van der Waals surface area contributed by atoms with Gasteiger partial charge in [-0.3, -0.25) is 9.10 Å². The van der Waals surface area contributed by atoms with Gasteiger partial charge in [-0.05, 0) is 55.2 Å². The summed E-state index contributed by atoms with van der Waals surface area (Å²) in [6, 6.07) is 4.41. The van der Waals surface area contributed by atoms with Gasteiger partial charge in [0.1, 0.15) is 6.54 Å². The molecule has 1 N–H and O–H groups in total. The largest absolute Gasteiger partial charge is 0.271 e. The quantitative estimate of drug-likeness (QED) is 0.676. The van der Waals surface area contributed by atoms with E-state index in [0.717, 1.165) is 42.0 Å². The summed E-state index contributed by atoms with van der Waals surface area (Å²) in [4.78, 5) is 12.3. The molecule has 1 amide bonds. The summed E-state index contributed by atoms with van der Waals surface area (Å²) < 4.78 is 25.2. The third-order valence-electron chi connectivity index (χ3n) is 5.00. The Labute approximate surface area is 177 Å². The SMILES string of the molecule is CC(C)(C)C1CCC(=NNC(=O)CN(c2ccc(Cl)c(Cl)c2)S(C)(=O)=O)CC1. The third-order valence-corrected chi connectivity index (χ3v) is 6.88. The Morgan fingerprint density at radius 1 is 1.21 bits per heavy atom. The molecule has 0 radical (unpaired) electrons. The molecule has 0 spiro atoms. The van der Waals surface area contributed by atoms with E-state index in [2.05, 4.69) is 31.3 Å². The van der Waals surface area contributed by atoms with Crippen LogP contribution in [0.4, 0.5) is 5.69 Å². The molecule has 1 aromatic rings. The number of nitrogens with one attached hydrogen (secondary N) is 1. The number of hydrogen-bond acceptors (Lipinski definition) is 4. The molecule has 2 rings (SSSR count). The van der Waals surface area contributed by atoms with Gasteiger partial charge < -0.3 is 0 Å². The van der Waals surface area contributed by atoms with Crippen LogP contribution in [0.15, 0.2) is 23.3 Å². The van der Waals surface area contributed by atoms with E-state index >= 15 is 0 Å². The summed E-state index contributed by atoms with van der Waals surface area (Å²) in [5.41, 5.74) is 3.96. The zero-order chi connectivity index (χ0) is 21.1. The average molecular weight is 448 g/mol. The number of hydrazone groups is 1. The number of carbonyl (C=O) groups excluding carboxylic acids is 1. The number of anilines is 1. The molecule has 1 saturated carbocycles. The molecular formula is C19H27Cl2N3O3S. The van der Waals surface area contributed by atoms with Gasteiger partial charge in [0.25, 0.3) is 5.91 Å². The topological polar surface area (TPSA) is 78.8 Å². The predicted octanol–water partition coefficient (Wildman–Crippen LogP) is 4.47. The van der Waals surface area contributed by atoms with Crippen molar-refractivity contribution in [3.63, 3.8) is 0 Å². The van der Waals surface area contributed by atoms with Crippen molar-refractivity contribution in [1.29, 1.82) is 0 Å². The lowest BCUT2D eigenvalue weighted by Gasteiger charge is -2.34. The highest BCUT2D eigenvalue weighted by Crippen LogP contribution is 2.36. The van der Waals surface area contributed by atoms with E-state index in [9.17, 15) is 13.2 Å². The van der Waals surface area contributed by atoms with E-state index in [0.29, 0.717) is 10.9 Å². The van der Waals surface area contributed by atoms with Gasteiger partial charge in [-0.2, -0.15) is 5.10 Å². The predicted molar refractivity (Wildman–Crippen MR) is 116 cm³/mol. The van der Waals surface area contributed by atoms with E-state index < -0.39 is 22.5 Å². The number of amides is 1. The Bertz CT molecular complexity index is 854. The first-order valence-electron chi connectivity index (χ1n) is 9.15. The summed E-state index contributed by atoms with van der Waals surface area (Å²) in [5, 5.41) is 4.73. The van der Waals surface area contributed by atoms with Crippen molar-refractivity contribution in [3.05, 3.63) is 28.2 Å². The van der Waals surface area contributed by atoms with Crippen LogP contribution in [0.3, 0.4) is 0 Å². The average Bonchev–Trinajstić information content (AvgIpc) is 2.59. The minimum absolute atomic E-state index is 0.212. The van der Waals surface area contributed by atoms with Gasteiger partial charge in [0.05, 0.1) is 22.0 Å². The Hall–Kier alpha value is -1.31. The number of rotatable bonds is 5. The first kappa shape index (κ1) is 23.0. The third kappa shape index (κ3) is 6.36. The molecule has 1 aliphatic carbocycles. The Kier molecular flexibility index (Phi) is 7.39. The van der Waals surface area contributed by atoms with Crippen molar-refractivity contribution in [2.45, 2.75) is 46.5 Å². The standard InChI is InChI=1S/C19H27Cl2N3O3S/c1-19(2,3)13-5-7-14(8-6-13)22-23-18(25)12-24(28(4,26)27)15-9-10-16(20)17(21)11-15/h9-11,13H,5-8,12H2,1-4H3,(H,23,25). The Balaban J connectivity index is 2.02. The molecule has 28 heavy (non-hydrogen) atoms. The fourth-order valence-corrected chi connectivity index (χ4v) is 4.42. The maximum absolute atomic E-state index is 12.3. The maximum atomic E-state index is 12.3. The molecule has 1 fully saturated rings. The van der Waals surface area contributed by atoms with E-state index in [4.69, 9.17) is 23.2 Å². The van der Waals surface area contributed by atoms with Crippen LogP contribution < -0.4 is 9.73 Å². The molecule has 6 nitrogen and oxygen atoms in total. The summed E-state index contributed by atoms with van der Waals surface area (Å²) >= 11 is 11.9. The number of halogens is 2. The minimum Gasteiger partial charge on any atom is -0.271 e. The smallest absolute Gasteiger partial charge is 0.260 e. The van der Waals surface area contributed by atoms with Crippen LogP contribution in [-0.4, -0.2) is 32.8 Å². The summed E-state index contributed by atoms with van der Waals surface area (Å²) in [7, 11) is -3.69. The minimum atomic E-state index is -3.69. The molecule has 1 aromatic carbocycles. The monoisotopic (exact) mass is 447 g/mol. The molecule has 1 aliphatic rings. The normalized spacial score (nSPS) is 17.9. The zero-order valence-electron chi connectivity index (χ0n) is 16.6. The molecule has 0 bridgehead atoms. The number of hydrogen-bond donors (Lipinski definition) is 1. The molecule has 0 unspecified atom stereocenters. The summed E-state index contributed by atoms with van der Waals surface area (Å²) in [5.74, 6) is 0.125. The van der Waals surface area contributed by atoms with Gasteiger partial charge in [0.15, 0.2) is 0 Å². The van der Waals surface area contributed by atoms with Gasteiger partial charge in [-0.1, -0.05) is 44.0 Å². The van der Waals surface area contributed by atoms with Crippen molar-refractivity contribution >= 4 is 50.5 Å². The van der Waals surface area contributed by atoms with Crippen molar-refractivity contribution in [2.24, 2.45) is 16.4 Å². The highest BCUT2D eigenvalue weighted by Gasteiger charge is 2.28. The lowest BCUT2D eigenvalue weighted by molar-refractivity contribution is -0.119. The second-order valence-corrected chi connectivity index (χ2v) is 10.9. The van der Waals surface area contributed by atoms with E-state index in [-0.39, 0.29) is 16.1 Å². The van der Waals surface area contributed by atoms with Gasteiger partial charge in [-0.15, -0.1) is 0 Å². The fourth-order valence-electron chi connectivity index (χ4n) is 3.28. The summed E-state index contributed by atoms with van der Waals surface area (Å²) in [6.07, 6.45) is 4.78. The van der Waals surface area contributed by atoms with Crippen molar-refractivity contribution in [2.75, 3.05) is 17.1 Å². The zero-order valence-corrected chi connectivity index (χ0v) is 19.0. The number of sulfonamides is 1. The van der Waals surface area contributed by atoms with Gasteiger partial charge in [-0.25, -0.2) is 13.8 Å².